The lowest BCUT2D eigenvalue weighted by molar-refractivity contribution is -0.113. The van der Waals surface area contributed by atoms with Crippen molar-refractivity contribution in [1.82, 2.24) is 9.29 Å². The zero-order valence-electron chi connectivity index (χ0n) is 15.3. The lowest BCUT2D eigenvalue weighted by Crippen LogP contribution is -2.27. The Balaban J connectivity index is 1.46. The fourth-order valence-corrected chi connectivity index (χ4v) is 6.64. The molecule has 10 heteroatoms. The second-order valence-electron chi connectivity index (χ2n) is 6.53. The maximum atomic E-state index is 12.7. The quantitative estimate of drug-likeness (QED) is 0.541. The van der Waals surface area contributed by atoms with E-state index in [1.54, 1.807) is 24.3 Å². The van der Waals surface area contributed by atoms with Gasteiger partial charge in [0.2, 0.25) is 15.9 Å². The van der Waals surface area contributed by atoms with Crippen LogP contribution in [0.2, 0.25) is 5.02 Å². The van der Waals surface area contributed by atoms with E-state index in [-0.39, 0.29) is 16.6 Å². The Morgan fingerprint density at radius 3 is 2.72 bits per heavy atom. The highest BCUT2D eigenvalue weighted by molar-refractivity contribution is 8.00. The molecule has 2 heterocycles. The molecule has 1 saturated heterocycles. The van der Waals surface area contributed by atoms with E-state index in [1.165, 1.54) is 27.4 Å². The molecular formula is C19H18ClN3O3S3. The average Bonchev–Trinajstić information content (AvgIpc) is 3.36. The number of thioether (sulfide) groups is 1. The summed E-state index contributed by atoms with van der Waals surface area (Å²) in [6.07, 6.45) is 1.79. The molecule has 0 atom stereocenters. The van der Waals surface area contributed by atoms with Crippen LogP contribution in [-0.2, 0) is 14.8 Å². The van der Waals surface area contributed by atoms with Crippen LogP contribution < -0.4 is 5.32 Å². The second kappa shape index (κ2) is 8.61. The molecule has 1 N–H and O–H groups in total. The van der Waals surface area contributed by atoms with Crippen LogP contribution >= 0.6 is 34.7 Å². The third-order valence-corrected chi connectivity index (χ3v) is 8.85. The van der Waals surface area contributed by atoms with E-state index in [1.807, 2.05) is 18.2 Å². The molecule has 0 unspecified atom stereocenters. The highest BCUT2D eigenvalue weighted by atomic mass is 35.5. The van der Waals surface area contributed by atoms with Crippen molar-refractivity contribution in [2.75, 3.05) is 24.2 Å². The smallest absolute Gasteiger partial charge is 0.243 e. The van der Waals surface area contributed by atoms with Gasteiger partial charge in [0, 0.05) is 18.0 Å². The Labute approximate surface area is 182 Å². The molecule has 0 aliphatic carbocycles. The number of carbonyl (C=O) groups is 1. The first-order valence-corrected chi connectivity index (χ1v) is 12.6. The third-order valence-electron chi connectivity index (χ3n) is 4.50. The molecule has 0 saturated carbocycles. The zero-order chi connectivity index (χ0) is 20.4. The fourth-order valence-electron chi connectivity index (χ4n) is 3.06. The number of benzene rings is 2. The molecule has 0 spiro atoms. The Morgan fingerprint density at radius 2 is 1.97 bits per heavy atom. The summed E-state index contributed by atoms with van der Waals surface area (Å²) in [7, 11) is -3.48. The van der Waals surface area contributed by atoms with Gasteiger partial charge in [0.05, 0.1) is 25.9 Å². The molecule has 1 aliphatic rings. The molecule has 4 rings (SSSR count). The zero-order valence-corrected chi connectivity index (χ0v) is 18.5. The highest BCUT2D eigenvalue weighted by Crippen LogP contribution is 2.31. The monoisotopic (exact) mass is 467 g/mol. The number of sulfonamides is 1. The van der Waals surface area contributed by atoms with Gasteiger partial charge in [0.15, 0.2) is 5.13 Å². The fraction of sp³-hybridized carbons (Fsp3) is 0.263. The molecule has 0 radical (unpaired) electrons. The first-order chi connectivity index (χ1) is 13.9. The lowest BCUT2D eigenvalue weighted by atomic mass is 10.3. The van der Waals surface area contributed by atoms with Crippen molar-refractivity contribution < 1.29 is 13.2 Å². The predicted molar refractivity (Wildman–Crippen MR) is 118 cm³/mol. The molecule has 1 amide bonds. The summed E-state index contributed by atoms with van der Waals surface area (Å²) < 4.78 is 27.7. The van der Waals surface area contributed by atoms with Crippen LogP contribution in [-0.4, -0.2) is 42.5 Å². The molecule has 1 fully saturated rings. The number of nitrogens with zero attached hydrogens (tertiary/aromatic N) is 2. The van der Waals surface area contributed by atoms with Crippen LogP contribution in [0.5, 0.6) is 0 Å². The van der Waals surface area contributed by atoms with Crippen LogP contribution in [0, 0.1) is 0 Å². The summed E-state index contributed by atoms with van der Waals surface area (Å²) in [6.45, 7) is 1.13. The SMILES string of the molecule is O=C(CSc1ccccc1Cl)Nc1nc2ccc(S(=O)(=O)N3CCCC3)cc2s1. The molecule has 1 aliphatic heterocycles. The van der Waals surface area contributed by atoms with Gasteiger partial charge in [0.25, 0.3) is 0 Å². The summed E-state index contributed by atoms with van der Waals surface area (Å²) in [4.78, 5) is 17.8. The minimum Gasteiger partial charge on any atom is -0.301 e. The van der Waals surface area contributed by atoms with E-state index in [0.29, 0.717) is 28.8 Å². The van der Waals surface area contributed by atoms with Crippen molar-refractivity contribution in [2.45, 2.75) is 22.6 Å². The summed E-state index contributed by atoms with van der Waals surface area (Å²) in [5.74, 6) is 0.00715. The Morgan fingerprint density at radius 1 is 1.21 bits per heavy atom. The standard InChI is InChI=1S/C19H18ClN3O3S3/c20-14-5-1-2-6-16(14)27-12-18(24)22-19-21-15-8-7-13(11-17(15)28-19)29(25,26)23-9-3-4-10-23/h1-2,5-8,11H,3-4,9-10,12H2,(H,21,22,24). The number of rotatable bonds is 6. The van der Waals surface area contributed by atoms with Crippen molar-refractivity contribution in [1.29, 1.82) is 0 Å². The van der Waals surface area contributed by atoms with Crippen LogP contribution in [0.1, 0.15) is 12.8 Å². The number of fused-ring (bicyclic) bond motifs is 1. The van der Waals surface area contributed by atoms with E-state index in [4.69, 9.17) is 11.6 Å². The lowest BCUT2D eigenvalue weighted by Gasteiger charge is -2.15. The number of hydrogen-bond donors (Lipinski definition) is 1. The normalized spacial score (nSPS) is 15.1. The first kappa shape index (κ1) is 20.6. The van der Waals surface area contributed by atoms with Gasteiger partial charge in [-0.05, 0) is 43.2 Å². The van der Waals surface area contributed by atoms with Crippen molar-refractivity contribution >= 4 is 66.0 Å². The Hall–Kier alpha value is -1.65. The van der Waals surface area contributed by atoms with E-state index in [0.717, 1.165) is 22.4 Å². The highest BCUT2D eigenvalue weighted by Gasteiger charge is 2.27. The van der Waals surface area contributed by atoms with Gasteiger partial charge < -0.3 is 5.32 Å². The van der Waals surface area contributed by atoms with Gasteiger partial charge >= 0.3 is 0 Å². The molecule has 152 valence electrons. The van der Waals surface area contributed by atoms with Crippen molar-refractivity contribution in [3.05, 3.63) is 47.5 Å². The molecule has 3 aromatic rings. The van der Waals surface area contributed by atoms with Crippen LogP contribution in [0.15, 0.2) is 52.3 Å². The Bertz CT molecular complexity index is 1160. The first-order valence-electron chi connectivity index (χ1n) is 9.01. The maximum absolute atomic E-state index is 12.7. The molecule has 1 aromatic heterocycles. The topological polar surface area (TPSA) is 79.4 Å². The number of nitrogens with one attached hydrogen (secondary N) is 1. The third kappa shape index (κ3) is 4.59. The number of aromatic nitrogens is 1. The number of carbonyl (C=O) groups excluding carboxylic acids is 1. The maximum Gasteiger partial charge on any atom is 0.243 e. The number of amides is 1. The summed E-state index contributed by atoms with van der Waals surface area (Å²) in [6, 6.07) is 12.2. The van der Waals surface area contributed by atoms with Gasteiger partial charge in [-0.2, -0.15) is 4.31 Å². The van der Waals surface area contributed by atoms with Gasteiger partial charge in [-0.25, -0.2) is 13.4 Å². The van der Waals surface area contributed by atoms with Gasteiger partial charge in [-0.15, -0.1) is 11.8 Å². The molecule has 6 nitrogen and oxygen atoms in total. The summed E-state index contributed by atoms with van der Waals surface area (Å²) in [5.41, 5.74) is 0.657. The predicted octanol–water partition coefficient (Wildman–Crippen LogP) is 4.47. The minimum atomic E-state index is -3.48. The van der Waals surface area contributed by atoms with Gasteiger partial charge in [-0.1, -0.05) is 35.1 Å². The van der Waals surface area contributed by atoms with E-state index in [2.05, 4.69) is 10.3 Å². The van der Waals surface area contributed by atoms with Crippen LogP contribution in [0.25, 0.3) is 10.2 Å². The molecule has 29 heavy (non-hydrogen) atoms. The average molecular weight is 468 g/mol. The van der Waals surface area contributed by atoms with Gasteiger partial charge in [-0.3, -0.25) is 4.79 Å². The number of anilines is 1. The largest absolute Gasteiger partial charge is 0.301 e. The Kier molecular flexibility index (Phi) is 6.12. The minimum absolute atomic E-state index is 0.195. The summed E-state index contributed by atoms with van der Waals surface area (Å²) in [5, 5.41) is 3.83. The molecule has 2 aromatic carbocycles. The van der Waals surface area contributed by atoms with E-state index >= 15 is 0 Å². The number of hydrogen-bond acceptors (Lipinski definition) is 6. The van der Waals surface area contributed by atoms with Gasteiger partial charge in [0.1, 0.15) is 0 Å². The van der Waals surface area contributed by atoms with Crippen molar-refractivity contribution in [2.24, 2.45) is 0 Å². The number of thiazole rings is 1. The summed E-state index contributed by atoms with van der Waals surface area (Å²) >= 11 is 8.72. The van der Waals surface area contributed by atoms with E-state index in [9.17, 15) is 13.2 Å². The van der Waals surface area contributed by atoms with Crippen molar-refractivity contribution in [3.8, 4) is 0 Å². The van der Waals surface area contributed by atoms with E-state index < -0.39 is 10.0 Å². The second-order valence-corrected chi connectivity index (χ2v) is 10.9. The van der Waals surface area contributed by atoms with Crippen LogP contribution in [0.3, 0.4) is 0 Å². The molecule has 0 bridgehead atoms. The van der Waals surface area contributed by atoms with Crippen molar-refractivity contribution in [3.63, 3.8) is 0 Å². The molecular weight excluding hydrogens is 450 g/mol. The number of halogens is 1. The van der Waals surface area contributed by atoms with Crippen LogP contribution in [0.4, 0.5) is 5.13 Å².